The van der Waals surface area contributed by atoms with Crippen LogP contribution in [0.5, 0.6) is 11.5 Å². The molecule has 2 heterocycles. The number of ether oxygens (including phenoxy) is 2. The first-order chi connectivity index (χ1) is 15.9. The van der Waals surface area contributed by atoms with Crippen molar-refractivity contribution in [3.8, 4) is 11.5 Å². The van der Waals surface area contributed by atoms with Crippen LogP contribution in [0, 0.1) is 0 Å². The number of nitrogens with zero attached hydrogens (tertiary/aromatic N) is 4. The molecule has 0 aliphatic heterocycles. The van der Waals surface area contributed by atoms with E-state index in [0.717, 1.165) is 4.68 Å². The van der Waals surface area contributed by atoms with Crippen molar-refractivity contribution >= 4 is 39.9 Å². The van der Waals surface area contributed by atoms with Crippen LogP contribution in [-0.4, -0.2) is 38.9 Å². The van der Waals surface area contributed by atoms with Gasteiger partial charge in [-0.2, -0.15) is 0 Å². The van der Waals surface area contributed by atoms with E-state index >= 15 is 0 Å². The molecule has 0 bridgehead atoms. The lowest BCUT2D eigenvalue weighted by Gasteiger charge is -2.10. The first kappa shape index (κ1) is 22.4. The zero-order valence-electron chi connectivity index (χ0n) is 18.3. The average Bonchev–Trinajstić information content (AvgIpc) is 3.12. The third kappa shape index (κ3) is 4.05. The van der Waals surface area contributed by atoms with E-state index in [1.165, 1.54) is 29.3 Å². The second-order valence-corrected chi connectivity index (χ2v) is 7.75. The summed E-state index contributed by atoms with van der Waals surface area (Å²) in [5.41, 5.74) is 0.0131. The molecule has 10 nitrogen and oxygen atoms in total. The molecule has 0 saturated carbocycles. The number of halogens is 1. The fourth-order valence-corrected chi connectivity index (χ4v) is 3.84. The van der Waals surface area contributed by atoms with Crippen LogP contribution in [-0.2, 0) is 17.9 Å². The largest absolute Gasteiger partial charge is 0.493 e. The van der Waals surface area contributed by atoms with Gasteiger partial charge in [-0.15, -0.1) is 5.10 Å². The van der Waals surface area contributed by atoms with Crippen molar-refractivity contribution in [2.24, 2.45) is 0 Å². The van der Waals surface area contributed by atoms with E-state index in [1.54, 1.807) is 30.3 Å². The molecule has 11 heteroatoms. The van der Waals surface area contributed by atoms with Crippen molar-refractivity contribution in [3.05, 3.63) is 62.3 Å². The van der Waals surface area contributed by atoms with Crippen LogP contribution in [0.3, 0.4) is 0 Å². The Balaban J connectivity index is 1.75. The number of rotatable bonds is 7. The Bertz CT molecular complexity index is 1490. The number of nitrogens with one attached hydrogen (secondary N) is 1. The number of carbonyl (C=O) groups is 1. The quantitative estimate of drug-likeness (QED) is 0.443. The van der Waals surface area contributed by atoms with Gasteiger partial charge in [0.05, 0.1) is 25.1 Å². The van der Waals surface area contributed by atoms with Gasteiger partial charge in [0.1, 0.15) is 6.54 Å². The van der Waals surface area contributed by atoms with Gasteiger partial charge in [0, 0.05) is 23.3 Å². The van der Waals surface area contributed by atoms with E-state index in [2.05, 4.69) is 10.4 Å². The average molecular weight is 472 g/mol. The molecular weight excluding hydrogens is 450 g/mol. The Kier molecular flexibility index (Phi) is 6.10. The van der Waals surface area contributed by atoms with Gasteiger partial charge in [0.25, 0.3) is 5.56 Å². The molecule has 172 valence electrons. The molecule has 0 aliphatic carbocycles. The Morgan fingerprint density at radius 1 is 1.09 bits per heavy atom. The van der Waals surface area contributed by atoms with E-state index in [4.69, 9.17) is 21.1 Å². The summed E-state index contributed by atoms with van der Waals surface area (Å²) >= 11 is 6.08. The summed E-state index contributed by atoms with van der Waals surface area (Å²) in [6.45, 7) is 1.93. The summed E-state index contributed by atoms with van der Waals surface area (Å²) in [5.74, 6) is 0.673. The van der Waals surface area contributed by atoms with Gasteiger partial charge in [-0.1, -0.05) is 18.5 Å². The maximum absolute atomic E-state index is 13.2. The van der Waals surface area contributed by atoms with Gasteiger partial charge in [0.2, 0.25) is 11.7 Å². The van der Waals surface area contributed by atoms with E-state index in [1.807, 2.05) is 6.92 Å². The minimum atomic E-state index is -0.537. The van der Waals surface area contributed by atoms with Crippen LogP contribution in [0.15, 0.2) is 46.0 Å². The number of methoxy groups -OCH3 is 2. The van der Waals surface area contributed by atoms with Crippen LogP contribution < -0.4 is 26.0 Å². The van der Waals surface area contributed by atoms with E-state index in [0.29, 0.717) is 46.1 Å². The van der Waals surface area contributed by atoms with Gasteiger partial charge in [-0.05, 0) is 36.8 Å². The summed E-state index contributed by atoms with van der Waals surface area (Å²) in [6, 6.07) is 9.64. The van der Waals surface area contributed by atoms with Crippen molar-refractivity contribution in [2.75, 3.05) is 19.5 Å². The number of carbonyl (C=O) groups excluding carboxylic acids is 1. The van der Waals surface area contributed by atoms with Crippen LogP contribution in [0.25, 0.3) is 16.7 Å². The number of aryl methyl sites for hydroxylation is 1. The summed E-state index contributed by atoms with van der Waals surface area (Å²) in [7, 11) is 3.01. The summed E-state index contributed by atoms with van der Waals surface area (Å²) in [5, 5.41) is 7.70. The minimum Gasteiger partial charge on any atom is -0.493 e. The molecule has 0 spiro atoms. The molecule has 4 aromatic rings. The zero-order valence-corrected chi connectivity index (χ0v) is 19.0. The highest BCUT2D eigenvalue weighted by Crippen LogP contribution is 2.29. The topological polar surface area (TPSA) is 109 Å². The SMILES string of the molecule is CCCn1c(=O)c2cc(Cl)ccc2n2c(=O)n(CC(=O)Nc3ccc(OC)c(OC)c3)nc12. The lowest BCUT2D eigenvalue weighted by molar-refractivity contribution is -0.117. The zero-order chi connectivity index (χ0) is 23.7. The Morgan fingerprint density at radius 2 is 1.85 bits per heavy atom. The predicted molar refractivity (Wildman–Crippen MR) is 125 cm³/mol. The molecule has 0 fully saturated rings. The third-order valence-electron chi connectivity index (χ3n) is 5.15. The van der Waals surface area contributed by atoms with Crippen LogP contribution >= 0.6 is 11.6 Å². The fourth-order valence-electron chi connectivity index (χ4n) is 3.67. The molecule has 1 N–H and O–H groups in total. The van der Waals surface area contributed by atoms with Crippen LogP contribution in [0.2, 0.25) is 5.02 Å². The molecule has 0 atom stereocenters. The second-order valence-electron chi connectivity index (χ2n) is 7.31. The molecule has 4 rings (SSSR count). The molecular formula is C22H22ClN5O5. The standard InChI is InChI=1S/C22H22ClN5O5/c1-4-9-26-20(30)15-10-13(23)5-7-16(15)28-21(26)25-27(22(28)31)12-19(29)24-14-6-8-17(32-2)18(11-14)33-3/h5-8,10-11H,4,9,12H2,1-3H3,(H,24,29). The normalized spacial score (nSPS) is 11.2. The molecule has 2 aromatic carbocycles. The number of amides is 1. The number of aromatic nitrogens is 4. The number of hydrogen-bond donors (Lipinski definition) is 1. The molecule has 2 aromatic heterocycles. The maximum Gasteiger partial charge on any atom is 0.352 e. The number of fused-ring (bicyclic) bond motifs is 3. The van der Waals surface area contributed by atoms with Crippen molar-refractivity contribution < 1.29 is 14.3 Å². The molecule has 0 aliphatic rings. The Morgan fingerprint density at radius 3 is 2.55 bits per heavy atom. The van der Waals surface area contributed by atoms with Gasteiger partial charge in [-0.25, -0.2) is 13.9 Å². The van der Waals surface area contributed by atoms with Crippen molar-refractivity contribution in [1.82, 2.24) is 18.7 Å². The van der Waals surface area contributed by atoms with Crippen molar-refractivity contribution in [1.29, 1.82) is 0 Å². The molecule has 33 heavy (non-hydrogen) atoms. The first-order valence-corrected chi connectivity index (χ1v) is 10.6. The monoisotopic (exact) mass is 471 g/mol. The van der Waals surface area contributed by atoms with E-state index in [9.17, 15) is 14.4 Å². The molecule has 0 saturated heterocycles. The van der Waals surface area contributed by atoms with Crippen molar-refractivity contribution in [2.45, 2.75) is 26.4 Å². The third-order valence-corrected chi connectivity index (χ3v) is 5.38. The number of anilines is 1. The fraction of sp³-hybridized carbons (Fsp3) is 0.273. The minimum absolute atomic E-state index is 0.167. The highest BCUT2D eigenvalue weighted by atomic mass is 35.5. The lowest BCUT2D eigenvalue weighted by atomic mass is 10.2. The summed E-state index contributed by atoms with van der Waals surface area (Å²) < 4.78 is 14.2. The first-order valence-electron chi connectivity index (χ1n) is 10.2. The molecule has 0 unspecified atom stereocenters. The maximum atomic E-state index is 13.2. The van der Waals surface area contributed by atoms with E-state index in [-0.39, 0.29) is 17.9 Å². The Hall–Kier alpha value is -3.79. The molecule has 1 amide bonds. The number of benzene rings is 2. The van der Waals surface area contributed by atoms with Crippen LogP contribution in [0.1, 0.15) is 13.3 Å². The van der Waals surface area contributed by atoms with Gasteiger partial charge in [-0.3, -0.25) is 14.2 Å². The summed E-state index contributed by atoms with van der Waals surface area (Å²) in [4.78, 5) is 38.9. The van der Waals surface area contributed by atoms with Gasteiger partial charge >= 0.3 is 5.69 Å². The van der Waals surface area contributed by atoms with E-state index < -0.39 is 11.6 Å². The van der Waals surface area contributed by atoms with Gasteiger partial charge < -0.3 is 14.8 Å². The predicted octanol–water partition coefficient (Wildman–Crippen LogP) is 2.53. The summed E-state index contributed by atoms with van der Waals surface area (Å²) in [6.07, 6.45) is 0.655. The second kappa shape index (κ2) is 8.99. The smallest absolute Gasteiger partial charge is 0.352 e. The Labute approximate surface area is 192 Å². The van der Waals surface area contributed by atoms with Crippen molar-refractivity contribution in [3.63, 3.8) is 0 Å². The highest BCUT2D eigenvalue weighted by Gasteiger charge is 2.19. The van der Waals surface area contributed by atoms with Gasteiger partial charge in [0.15, 0.2) is 11.5 Å². The number of hydrogen-bond acceptors (Lipinski definition) is 6. The highest BCUT2D eigenvalue weighted by molar-refractivity contribution is 6.31. The lowest BCUT2D eigenvalue weighted by Crippen LogP contribution is -2.29. The van der Waals surface area contributed by atoms with Crippen LogP contribution in [0.4, 0.5) is 5.69 Å². The molecule has 0 radical (unpaired) electrons.